The van der Waals surface area contributed by atoms with Gasteiger partial charge in [0.15, 0.2) is 5.78 Å². The van der Waals surface area contributed by atoms with E-state index in [0.29, 0.717) is 23.1 Å². The van der Waals surface area contributed by atoms with Crippen LogP contribution in [0.25, 0.3) is 0 Å². The summed E-state index contributed by atoms with van der Waals surface area (Å²) in [5, 5.41) is 2.58. The van der Waals surface area contributed by atoms with E-state index >= 15 is 0 Å². The van der Waals surface area contributed by atoms with Crippen LogP contribution in [0.3, 0.4) is 0 Å². The number of halogens is 3. The molecule has 23 heavy (non-hydrogen) atoms. The average Bonchev–Trinajstić information content (AvgIpc) is 2.72. The van der Waals surface area contributed by atoms with Gasteiger partial charge < -0.3 is 10.1 Å². The molecule has 1 aliphatic heterocycles. The molecule has 0 bridgehead atoms. The zero-order chi connectivity index (χ0) is 17.3. The van der Waals surface area contributed by atoms with Gasteiger partial charge in [0.25, 0.3) is 6.36 Å². The Kier molecular flexibility index (Phi) is 4.97. The first kappa shape index (κ1) is 17.3. The lowest BCUT2D eigenvalue weighted by Gasteiger charge is -2.18. The van der Waals surface area contributed by atoms with E-state index in [1.807, 2.05) is 0 Å². The number of alkyl halides is 3. The molecule has 1 aromatic carbocycles. The molecule has 2 rings (SSSR count). The normalized spacial score (nSPS) is 22.4. The minimum Gasteiger partial charge on any atom is -0.454 e. The van der Waals surface area contributed by atoms with Crippen LogP contribution in [0.15, 0.2) is 12.1 Å². The molecule has 1 aliphatic rings. The first-order valence-corrected chi connectivity index (χ1v) is 7.32. The van der Waals surface area contributed by atoms with E-state index in [2.05, 4.69) is 10.1 Å². The molecule has 3 unspecified atom stereocenters. The van der Waals surface area contributed by atoms with Crippen molar-refractivity contribution >= 4 is 11.7 Å². The molecule has 0 spiro atoms. The largest absolute Gasteiger partial charge is 0.454 e. The first-order valence-electron chi connectivity index (χ1n) is 7.32. The fourth-order valence-electron chi connectivity index (χ4n) is 2.81. The quantitative estimate of drug-likeness (QED) is 0.845. The van der Waals surface area contributed by atoms with E-state index in [1.54, 1.807) is 20.8 Å². The maximum Gasteiger partial charge on any atom is 0.304 e. The Balaban J connectivity index is 2.42. The third kappa shape index (κ3) is 3.33. The molecule has 0 aliphatic carbocycles. The van der Waals surface area contributed by atoms with E-state index < -0.39 is 24.7 Å². The molecule has 3 atom stereocenters. The Morgan fingerprint density at radius 3 is 2.39 bits per heavy atom. The van der Waals surface area contributed by atoms with Crippen molar-refractivity contribution in [3.8, 4) is 5.75 Å². The number of Topliss-reactive ketones (excluding diaryl/α,β-unsaturated/α-hetero) is 1. The van der Waals surface area contributed by atoms with Gasteiger partial charge in [-0.15, -0.1) is 0 Å². The van der Waals surface area contributed by atoms with Crippen molar-refractivity contribution in [3.63, 3.8) is 0 Å². The zero-order valence-electron chi connectivity index (χ0n) is 13.0. The van der Waals surface area contributed by atoms with Gasteiger partial charge in [0.2, 0.25) is 5.91 Å². The van der Waals surface area contributed by atoms with Gasteiger partial charge in [0.05, 0.1) is 6.04 Å². The van der Waals surface area contributed by atoms with Gasteiger partial charge in [0.1, 0.15) is 11.7 Å². The van der Waals surface area contributed by atoms with Gasteiger partial charge in [-0.05, 0) is 49.1 Å². The summed E-state index contributed by atoms with van der Waals surface area (Å²) >= 11 is 0. The molecule has 7 heteroatoms. The van der Waals surface area contributed by atoms with Gasteiger partial charge in [0, 0.05) is 0 Å². The lowest BCUT2D eigenvalue weighted by atomic mass is 9.86. The molecule has 0 radical (unpaired) electrons. The zero-order valence-corrected chi connectivity index (χ0v) is 13.0. The molecule has 1 fully saturated rings. The highest BCUT2D eigenvalue weighted by molar-refractivity contribution is 6.15. The minimum absolute atomic E-state index is 0.0465. The second-order valence-corrected chi connectivity index (χ2v) is 5.54. The van der Waals surface area contributed by atoms with Crippen molar-refractivity contribution in [2.24, 2.45) is 0 Å². The molecule has 1 N–H and O–H groups in total. The van der Waals surface area contributed by atoms with Crippen molar-refractivity contribution in [3.05, 3.63) is 28.8 Å². The molecular weight excluding hydrogens is 311 g/mol. The molecule has 1 heterocycles. The second kappa shape index (κ2) is 6.60. The molecule has 0 saturated carbocycles. The van der Waals surface area contributed by atoms with Crippen LogP contribution in [-0.4, -0.2) is 30.5 Å². The summed E-state index contributed by atoms with van der Waals surface area (Å²) in [6.45, 7) is 5.04. The van der Waals surface area contributed by atoms with Crippen LogP contribution in [0, 0.1) is 6.92 Å². The van der Waals surface area contributed by atoms with Crippen molar-refractivity contribution in [1.82, 2.24) is 5.32 Å². The lowest BCUT2D eigenvalue weighted by Crippen LogP contribution is -2.25. The number of hydrogen-bond donors (Lipinski definition) is 1. The van der Waals surface area contributed by atoms with Crippen LogP contribution < -0.4 is 10.1 Å². The molecule has 126 valence electrons. The summed E-state index contributed by atoms with van der Waals surface area (Å²) in [6, 6.07) is 2.20. The van der Waals surface area contributed by atoms with E-state index in [1.165, 1.54) is 12.1 Å². The van der Waals surface area contributed by atoms with Crippen LogP contribution in [0.2, 0.25) is 0 Å². The van der Waals surface area contributed by atoms with Crippen molar-refractivity contribution in [2.75, 3.05) is 0 Å². The van der Waals surface area contributed by atoms with Crippen molar-refractivity contribution in [1.29, 1.82) is 0 Å². The van der Waals surface area contributed by atoms with E-state index in [-0.39, 0.29) is 17.4 Å². The summed E-state index contributed by atoms with van der Waals surface area (Å²) in [6.07, 6.45) is -5.52. The predicted octanol–water partition coefficient (Wildman–Crippen LogP) is 2.67. The standard InChI is InChI=1S/C16H18F3NO3/c1-4-9-6-10(23-15(19)14(17)18)5-7(2)11(9)12-13(21)8(3)20-16(12)22/h5-6,8,12,14-15H,4H2,1-3H3,(H,20,22). The van der Waals surface area contributed by atoms with Gasteiger partial charge >= 0.3 is 6.43 Å². The topological polar surface area (TPSA) is 55.4 Å². The summed E-state index contributed by atoms with van der Waals surface area (Å²) in [5.41, 5.74) is 1.67. The smallest absolute Gasteiger partial charge is 0.304 e. The number of carbonyl (C=O) groups excluding carboxylic acids is 2. The molecular formula is C16H18F3NO3. The highest BCUT2D eigenvalue weighted by Crippen LogP contribution is 2.33. The highest BCUT2D eigenvalue weighted by atomic mass is 19.3. The fraction of sp³-hybridized carbons (Fsp3) is 0.500. The average molecular weight is 329 g/mol. The van der Waals surface area contributed by atoms with Gasteiger partial charge in [-0.25, -0.2) is 8.78 Å². The number of benzene rings is 1. The SMILES string of the molecule is CCc1cc(OC(F)C(F)F)cc(C)c1C1C(=O)NC(C)C1=O. The van der Waals surface area contributed by atoms with Crippen LogP contribution in [-0.2, 0) is 16.0 Å². The van der Waals surface area contributed by atoms with E-state index in [9.17, 15) is 22.8 Å². The number of nitrogens with one attached hydrogen (secondary N) is 1. The third-order valence-corrected chi connectivity index (χ3v) is 3.89. The number of aryl methyl sites for hydroxylation is 2. The number of rotatable bonds is 5. The van der Waals surface area contributed by atoms with Gasteiger partial charge in [-0.1, -0.05) is 6.92 Å². The van der Waals surface area contributed by atoms with Crippen LogP contribution >= 0.6 is 0 Å². The predicted molar refractivity (Wildman–Crippen MR) is 77.4 cm³/mol. The maximum atomic E-state index is 13.1. The summed E-state index contributed by atoms with van der Waals surface area (Å²) < 4.78 is 42.2. The number of carbonyl (C=O) groups is 2. The minimum atomic E-state index is -3.25. The van der Waals surface area contributed by atoms with E-state index in [0.717, 1.165) is 0 Å². The third-order valence-electron chi connectivity index (χ3n) is 3.89. The molecule has 1 saturated heterocycles. The summed E-state index contributed by atoms with van der Waals surface area (Å²) in [4.78, 5) is 24.3. The van der Waals surface area contributed by atoms with Gasteiger partial charge in [-0.2, -0.15) is 4.39 Å². The molecule has 1 aromatic rings. The summed E-state index contributed by atoms with van der Waals surface area (Å²) in [7, 11) is 0. The second-order valence-electron chi connectivity index (χ2n) is 5.54. The first-order chi connectivity index (χ1) is 10.8. The van der Waals surface area contributed by atoms with Crippen molar-refractivity contribution < 1.29 is 27.5 Å². The Bertz CT molecular complexity index is 633. The fourth-order valence-corrected chi connectivity index (χ4v) is 2.81. The van der Waals surface area contributed by atoms with Crippen LogP contribution in [0.4, 0.5) is 13.2 Å². The van der Waals surface area contributed by atoms with E-state index in [4.69, 9.17) is 0 Å². The Morgan fingerprint density at radius 1 is 1.26 bits per heavy atom. The van der Waals surface area contributed by atoms with Crippen LogP contribution in [0.5, 0.6) is 5.75 Å². The number of ether oxygens (including phenoxy) is 1. The summed E-state index contributed by atoms with van der Waals surface area (Å²) in [5.74, 6) is -1.59. The lowest BCUT2D eigenvalue weighted by molar-refractivity contribution is -0.124. The van der Waals surface area contributed by atoms with Gasteiger partial charge in [-0.3, -0.25) is 9.59 Å². The Hall–Kier alpha value is -2.05. The Morgan fingerprint density at radius 2 is 1.91 bits per heavy atom. The molecule has 1 amide bonds. The van der Waals surface area contributed by atoms with Crippen molar-refractivity contribution in [2.45, 2.75) is 51.9 Å². The molecule has 4 nitrogen and oxygen atoms in total. The monoisotopic (exact) mass is 329 g/mol. The van der Waals surface area contributed by atoms with Crippen LogP contribution in [0.1, 0.15) is 36.5 Å². The maximum absolute atomic E-state index is 13.1. The number of ketones is 1. The highest BCUT2D eigenvalue weighted by Gasteiger charge is 2.41. The molecule has 0 aromatic heterocycles. The number of amides is 1. The Labute approximate surface area is 132 Å². The number of hydrogen-bond acceptors (Lipinski definition) is 3.